The lowest BCUT2D eigenvalue weighted by Crippen LogP contribution is -2.19. The van der Waals surface area contributed by atoms with Crippen molar-refractivity contribution >= 4 is 46.0 Å². The molecule has 1 aromatic heterocycles. The molecule has 0 aliphatic carbocycles. The molecule has 1 heterocycles. The first-order valence-corrected chi connectivity index (χ1v) is 9.87. The third kappa shape index (κ3) is 5.60. The lowest BCUT2D eigenvalue weighted by molar-refractivity contribution is -0.115. The Morgan fingerprint density at radius 2 is 1.35 bits per heavy atom. The summed E-state index contributed by atoms with van der Waals surface area (Å²) >= 11 is 0. The molecule has 0 saturated heterocycles. The number of amides is 3. The van der Waals surface area contributed by atoms with Crippen molar-refractivity contribution in [3.8, 4) is 0 Å². The molecule has 0 bridgehead atoms. The predicted octanol–water partition coefficient (Wildman–Crippen LogP) is 4.65. The molecule has 8 nitrogen and oxygen atoms in total. The Balaban J connectivity index is 1.21. The van der Waals surface area contributed by atoms with E-state index in [4.69, 9.17) is 0 Å². The number of aromatic nitrogens is 2. The molecular weight excluding hydrogens is 392 g/mol. The number of nitrogens with one attached hydrogen (secondary N) is 5. The minimum Gasteiger partial charge on any atom is -0.355 e. The summed E-state index contributed by atoms with van der Waals surface area (Å²) in [6, 6.07) is 23.5. The maximum atomic E-state index is 12.2. The smallest absolute Gasteiger partial charge is 0.323 e. The molecule has 0 radical (unpaired) electrons. The van der Waals surface area contributed by atoms with E-state index in [1.807, 2.05) is 42.5 Å². The van der Waals surface area contributed by atoms with Crippen LogP contribution in [0.25, 0.3) is 11.0 Å². The van der Waals surface area contributed by atoms with Crippen molar-refractivity contribution < 1.29 is 9.59 Å². The maximum Gasteiger partial charge on any atom is 0.323 e. The third-order valence-corrected chi connectivity index (χ3v) is 4.49. The zero-order valence-corrected chi connectivity index (χ0v) is 16.7. The lowest BCUT2D eigenvalue weighted by atomic mass is 10.2. The average molecular weight is 414 g/mol. The van der Waals surface area contributed by atoms with Crippen LogP contribution in [0.4, 0.5) is 27.8 Å². The fraction of sp³-hybridized carbons (Fsp3) is 0.0870. The van der Waals surface area contributed by atoms with Crippen LogP contribution >= 0.6 is 0 Å². The summed E-state index contributed by atoms with van der Waals surface area (Å²) < 4.78 is 0. The number of urea groups is 1. The van der Waals surface area contributed by atoms with E-state index in [0.717, 1.165) is 11.0 Å². The highest BCUT2D eigenvalue weighted by molar-refractivity contribution is 6.00. The van der Waals surface area contributed by atoms with Gasteiger partial charge in [-0.05, 0) is 48.5 Å². The Kier molecular flexibility index (Phi) is 6.08. The van der Waals surface area contributed by atoms with E-state index in [-0.39, 0.29) is 18.4 Å². The molecule has 8 heteroatoms. The van der Waals surface area contributed by atoms with Gasteiger partial charge in [0.15, 0.2) is 0 Å². The first kappa shape index (κ1) is 20.0. The quantitative estimate of drug-likeness (QED) is 0.303. The number of hydrogen-bond donors (Lipinski definition) is 5. The van der Waals surface area contributed by atoms with Crippen LogP contribution in [-0.4, -0.2) is 28.5 Å². The molecule has 5 N–H and O–H groups in total. The van der Waals surface area contributed by atoms with E-state index in [1.165, 1.54) is 0 Å². The van der Waals surface area contributed by atoms with Crippen molar-refractivity contribution in [2.24, 2.45) is 0 Å². The number of aromatic amines is 1. The molecule has 156 valence electrons. The predicted molar refractivity (Wildman–Crippen MR) is 123 cm³/mol. The van der Waals surface area contributed by atoms with Crippen molar-refractivity contribution in [1.82, 2.24) is 9.97 Å². The van der Waals surface area contributed by atoms with E-state index in [2.05, 4.69) is 31.2 Å². The van der Waals surface area contributed by atoms with Crippen LogP contribution in [-0.2, 0) is 4.79 Å². The fourth-order valence-corrected chi connectivity index (χ4v) is 3.01. The molecule has 4 rings (SSSR count). The Morgan fingerprint density at radius 1 is 0.742 bits per heavy atom. The van der Waals surface area contributed by atoms with Gasteiger partial charge in [-0.25, -0.2) is 9.78 Å². The van der Waals surface area contributed by atoms with Crippen molar-refractivity contribution in [1.29, 1.82) is 0 Å². The molecule has 3 amide bonds. The molecule has 3 aromatic carbocycles. The standard InChI is InChI=1S/C23H22N6O2/c30-21(14-15-24-22-28-19-8-4-5-9-20(19)29-22)25-17-10-12-18(13-11-17)27-23(31)26-16-6-2-1-3-7-16/h1-13H,14-15H2,(H,25,30)(H2,24,28,29)(H2,26,27,31). The Labute approximate surface area is 179 Å². The molecule has 0 aliphatic heterocycles. The molecule has 0 atom stereocenters. The van der Waals surface area contributed by atoms with Gasteiger partial charge in [-0.3, -0.25) is 4.79 Å². The van der Waals surface area contributed by atoms with Crippen LogP contribution in [0.5, 0.6) is 0 Å². The number of rotatable bonds is 7. The van der Waals surface area contributed by atoms with E-state index < -0.39 is 0 Å². The fourth-order valence-electron chi connectivity index (χ4n) is 3.01. The second kappa shape index (κ2) is 9.45. The van der Waals surface area contributed by atoms with Crippen LogP contribution in [0.15, 0.2) is 78.9 Å². The third-order valence-electron chi connectivity index (χ3n) is 4.49. The SMILES string of the molecule is O=C(CCNc1nc2ccccc2[nH]1)Nc1ccc(NC(=O)Nc2ccccc2)cc1. The number of hydrogen-bond acceptors (Lipinski definition) is 4. The van der Waals surface area contributed by atoms with Crippen molar-refractivity contribution in [3.05, 3.63) is 78.9 Å². The highest BCUT2D eigenvalue weighted by Crippen LogP contribution is 2.15. The van der Waals surface area contributed by atoms with E-state index in [9.17, 15) is 9.59 Å². The molecular formula is C23H22N6O2. The first-order valence-electron chi connectivity index (χ1n) is 9.87. The van der Waals surface area contributed by atoms with Crippen LogP contribution in [0.1, 0.15) is 6.42 Å². The number of carbonyl (C=O) groups excluding carboxylic acids is 2. The van der Waals surface area contributed by atoms with Crippen LogP contribution in [0, 0.1) is 0 Å². The Bertz CT molecular complexity index is 1140. The summed E-state index contributed by atoms with van der Waals surface area (Å²) in [7, 11) is 0. The normalized spacial score (nSPS) is 10.5. The lowest BCUT2D eigenvalue weighted by Gasteiger charge is -2.09. The van der Waals surface area contributed by atoms with E-state index in [0.29, 0.717) is 29.6 Å². The van der Waals surface area contributed by atoms with E-state index in [1.54, 1.807) is 36.4 Å². The number of imidazole rings is 1. The number of carbonyl (C=O) groups is 2. The largest absolute Gasteiger partial charge is 0.355 e. The minimum absolute atomic E-state index is 0.119. The van der Waals surface area contributed by atoms with Crippen molar-refractivity contribution in [2.75, 3.05) is 27.8 Å². The summed E-state index contributed by atoms with van der Waals surface area (Å²) in [4.78, 5) is 31.8. The summed E-state index contributed by atoms with van der Waals surface area (Å²) in [5.74, 6) is 0.518. The van der Waals surface area contributed by atoms with Crippen molar-refractivity contribution in [3.63, 3.8) is 0 Å². The summed E-state index contributed by atoms with van der Waals surface area (Å²) in [6.45, 7) is 0.449. The van der Waals surface area contributed by atoms with Crippen LogP contribution in [0.2, 0.25) is 0 Å². The van der Waals surface area contributed by atoms with Gasteiger partial charge in [-0.1, -0.05) is 30.3 Å². The van der Waals surface area contributed by atoms with Gasteiger partial charge >= 0.3 is 6.03 Å². The molecule has 4 aromatic rings. The topological polar surface area (TPSA) is 111 Å². The van der Waals surface area contributed by atoms with Gasteiger partial charge in [0, 0.05) is 30.0 Å². The number of para-hydroxylation sites is 3. The first-order chi connectivity index (χ1) is 15.2. The van der Waals surface area contributed by atoms with Gasteiger partial charge in [-0.15, -0.1) is 0 Å². The molecule has 0 fully saturated rings. The molecule has 0 saturated carbocycles. The zero-order chi connectivity index (χ0) is 21.5. The average Bonchev–Trinajstić information content (AvgIpc) is 3.18. The maximum absolute atomic E-state index is 12.2. The molecule has 0 spiro atoms. The highest BCUT2D eigenvalue weighted by Gasteiger charge is 2.06. The van der Waals surface area contributed by atoms with Gasteiger partial charge in [0.05, 0.1) is 11.0 Å². The van der Waals surface area contributed by atoms with Crippen molar-refractivity contribution in [2.45, 2.75) is 6.42 Å². The van der Waals surface area contributed by atoms with Crippen LogP contribution < -0.4 is 21.3 Å². The zero-order valence-electron chi connectivity index (χ0n) is 16.7. The Hall–Kier alpha value is -4.33. The van der Waals surface area contributed by atoms with Crippen LogP contribution in [0.3, 0.4) is 0 Å². The van der Waals surface area contributed by atoms with Gasteiger partial charge in [-0.2, -0.15) is 0 Å². The second-order valence-corrected chi connectivity index (χ2v) is 6.85. The molecule has 0 aliphatic rings. The minimum atomic E-state index is -0.334. The summed E-state index contributed by atoms with van der Waals surface area (Å²) in [5, 5.41) is 11.5. The Morgan fingerprint density at radius 3 is 2.06 bits per heavy atom. The molecule has 31 heavy (non-hydrogen) atoms. The number of benzene rings is 3. The number of anilines is 4. The van der Waals surface area contributed by atoms with Gasteiger partial charge in [0.2, 0.25) is 11.9 Å². The number of H-pyrrole nitrogens is 1. The second-order valence-electron chi connectivity index (χ2n) is 6.85. The van der Waals surface area contributed by atoms with Gasteiger partial charge in [0.1, 0.15) is 0 Å². The van der Waals surface area contributed by atoms with E-state index >= 15 is 0 Å². The highest BCUT2D eigenvalue weighted by atomic mass is 16.2. The number of fused-ring (bicyclic) bond motifs is 1. The summed E-state index contributed by atoms with van der Waals surface area (Å²) in [6.07, 6.45) is 0.288. The van der Waals surface area contributed by atoms with Gasteiger partial charge in [0.25, 0.3) is 0 Å². The summed E-state index contributed by atoms with van der Waals surface area (Å²) in [5.41, 5.74) is 3.81. The van der Waals surface area contributed by atoms with Gasteiger partial charge < -0.3 is 26.3 Å². The number of nitrogens with zero attached hydrogens (tertiary/aromatic N) is 1. The monoisotopic (exact) mass is 414 g/mol. The molecule has 0 unspecified atom stereocenters.